The maximum absolute atomic E-state index is 12.7. The lowest BCUT2D eigenvalue weighted by atomic mass is 10.1. The van der Waals surface area contributed by atoms with Crippen LogP contribution in [0.5, 0.6) is 5.75 Å². The Morgan fingerprint density at radius 2 is 2.00 bits per heavy atom. The first-order chi connectivity index (χ1) is 12.2. The lowest BCUT2D eigenvalue weighted by Crippen LogP contribution is -2.36. The van der Waals surface area contributed by atoms with Crippen LogP contribution in [0.2, 0.25) is 0 Å². The number of para-hydroxylation sites is 1. The highest BCUT2D eigenvalue weighted by atomic mass is 19.4. The molecule has 1 aromatic carbocycles. The minimum atomic E-state index is -4.73. The number of aromatic nitrogens is 2. The molecular formula is C16H14F5N3O2. The fourth-order valence-corrected chi connectivity index (χ4v) is 2.84. The van der Waals surface area contributed by atoms with Gasteiger partial charge in [0, 0.05) is 31.6 Å². The molecule has 3 rings (SSSR count). The third kappa shape index (κ3) is 4.01. The summed E-state index contributed by atoms with van der Waals surface area (Å²) in [5, 5.41) is 0. The van der Waals surface area contributed by atoms with Gasteiger partial charge in [0.1, 0.15) is 5.75 Å². The topological polar surface area (TPSA) is 58.2 Å². The van der Waals surface area contributed by atoms with E-state index in [1.807, 2.05) is 0 Å². The number of alkyl halides is 5. The third-order valence-corrected chi connectivity index (χ3v) is 4.00. The highest BCUT2D eigenvalue weighted by molar-refractivity contribution is 5.33. The van der Waals surface area contributed by atoms with Gasteiger partial charge in [-0.3, -0.25) is 9.69 Å². The average molecular weight is 375 g/mol. The number of hydrogen-bond donors (Lipinski definition) is 1. The van der Waals surface area contributed by atoms with Gasteiger partial charge in [0.25, 0.3) is 5.56 Å². The minimum absolute atomic E-state index is 0.0211. The molecule has 0 amide bonds. The van der Waals surface area contributed by atoms with Crippen LogP contribution in [0.3, 0.4) is 0 Å². The molecule has 2 aromatic rings. The van der Waals surface area contributed by atoms with Crippen LogP contribution in [0.25, 0.3) is 0 Å². The van der Waals surface area contributed by atoms with Crippen LogP contribution in [-0.4, -0.2) is 28.0 Å². The molecule has 0 radical (unpaired) electrons. The SMILES string of the molecule is O=c1[nH]c(C(F)(F)F)nc2c1CN(Cc1ccccc1OC(F)F)CC2. The molecule has 26 heavy (non-hydrogen) atoms. The summed E-state index contributed by atoms with van der Waals surface area (Å²) < 4.78 is 67.6. The molecule has 0 bridgehead atoms. The van der Waals surface area contributed by atoms with Crippen LogP contribution in [0, 0.1) is 0 Å². The molecule has 0 atom stereocenters. The molecule has 0 aliphatic carbocycles. The molecule has 1 aliphatic rings. The van der Waals surface area contributed by atoms with Crippen molar-refractivity contribution in [2.75, 3.05) is 6.54 Å². The number of aromatic amines is 1. The highest BCUT2D eigenvalue weighted by Crippen LogP contribution is 2.27. The van der Waals surface area contributed by atoms with Crippen LogP contribution in [0.1, 0.15) is 22.6 Å². The number of H-pyrrole nitrogens is 1. The summed E-state index contributed by atoms with van der Waals surface area (Å²) in [5.41, 5.74) is -0.0948. The van der Waals surface area contributed by atoms with Crippen LogP contribution in [0.15, 0.2) is 29.1 Å². The number of ether oxygens (including phenoxy) is 1. The van der Waals surface area contributed by atoms with Gasteiger partial charge in [-0.25, -0.2) is 4.98 Å². The zero-order valence-electron chi connectivity index (χ0n) is 13.3. The van der Waals surface area contributed by atoms with Crippen molar-refractivity contribution in [1.82, 2.24) is 14.9 Å². The molecule has 1 N–H and O–H groups in total. The summed E-state index contributed by atoms with van der Waals surface area (Å²) in [7, 11) is 0. The second-order valence-electron chi connectivity index (χ2n) is 5.78. The first-order valence-electron chi connectivity index (χ1n) is 7.68. The summed E-state index contributed by atoms with van der Waals surface area (Å²) in [6.07, 6.45) is -4.57. The fraction of sp³-hybridized carbons (Fsp3) is 0.375. The van der Waals surface area contributed by atoms with Gasteiger partial charge in [0.2, 0.25) is 5.82 Å². The van der Waals surface area contributed by atoms with Gasteiger partial charge in [-0.2, -0.15) is 22.0 Å². The quantitative estimate of drug-likeness (QED) is 0.835. The van der Waals surface area contributed by atoms with E-state index in [0.29, 0.717) is 12.1 Å². The number of benzene rings is 1. The van der Waals surface area contributed by atoms with Crippen molar-refractivity contribution in [3.63, 3.8) is 0 Å². The first-order valence-corrected chi connectivity index (χ1v) is 7.68. The number of fused-ring (bicyclic) bond motifs is 1. The maximum atomic E-state index is 12.7. The highest BCUT2D eigenvalue weighted by Gasteiger charge is 2.36. The molecule has 2 heterocycles. The molecule has 5 nitrogen and oxygen atoms in total. The fourth-order valence-electron chi connectivity index (χ4n) is 2.84. The number of nitrogens with one attached hydrogen (secondary N) is 1. The lowest BCUT2D eigenvalue weighted by Gasteiger charge is -2.28. The van der Waals surface area contributed by atoms with Crippen LogP contribution in [0.4, 0.5) is 22.0 Å². The Balaban J connectivity index is 1.81. The van der Waals surface area contributed by atoms with Crippen molar-refractivity contribution in [1.29, 1.82) is 0 Å². The number of halogens is 5. The summed E-state index contributed by atoms with van der Waals surface area (Å²) >= 11 is 0. The number of rotatable bonds is 4. The Morgan fingerprint density at radius 3 is 2.69 bits per heavy atom. The van der Waals surface area contributed by atoms with E-state index >= 15 is 0 Å². The Kier molecular flexibility index (Phi) is 4.94. The van der Waals surface area contributed by atoms with Crippen molar-refractivity contribution < 1.29 is 26.7 Å². The van der Waals surface area contributed by atoms with Gasteiger partial charge in [0.05, 0.1) is 11.3 Å². The van der Waals surface area contributed by atoms with Crippen molar-refractivity contribution in [3.05, 3.63) is 57.3 Å². The molecule has 1 aromatic heterocycles. The Morgan fingerprint density at radius 1 is 1.27 bits per heavy atom. The maximum Gasteiger partial charge on any atom is 0.449 e. The molecule has 140 valence electrons. The summed E-state index contributed by atoms with van der Waals surface area (Å²) in [4.78, 5) is 19.0. The molecule has 0 saturated carbocycles. The van der Waals surface area contributed by atoms with Gasteiger partial charge < -0.3 is 9.72 Å². The van der Waals surface area contributed by atoms with Gasteiger partial charge in [-0.05, 0) is 6.07 Å². The summed E-state index contributed by atoms with van der Waals surface area (Å²) in [6, 6.07) is 6.24. The summed E-state index contributed by atoms with van der Waals surface area (Å²) in [5.74, 6) is -1.29. The van der Waals surface area contributed by atoms with E-state index in [2.05, 4.69) is 9.72 Å². The molecule has 0 unspecified atom stereocenters. The molecule has 0 spiro atoms. The second-order valence-corrected chi connectivity index (χ2v) is 5.78. The van der Waals surface area contributed by atoms with Crippen LogP contribution < -0.4 is 10.3 Å². The van der Waals surface area contributed by atoms with Crippen LogP contribution in [-0.2, 0) is 25.7 Å². The normalized spacial score (nSPS) is 15.2. The van der Waals surface area contributed by atoms with Gasteiger partial charge >= 0.3 is 12.8 Å². The van der Waals surface area contributed by atoms with Crippen molar-refractivity contribution in [2.45, 2.75) is 32.3 Å². The van der Waals surface area contributed by atoms with Crippen molar-refractivity contribution in [3.8, 4) is 5.75 Å². The van der Waals surface area contributed by atoms with Gasteiger partial charge in [-0.1, -0.05) is 18.2 Å². The monoisotopic (exact) mass is 375 g/mol. The van der Waals surface area contributed by atoms with E-state index in [0.717, 1.165) is 0 Å². The predicted octanol–water partition coefficient (Wildman–Crippen LogP) is 2.95. The number of nitrogens with zero attached hydrogens (tertiary/aromatic N) is 2. The van der Waals surface area contributed by atoms with Gasteiger partial charge in [0.15, 0.2) is 0 Å². The molecular weight excluding hydrogens is 361 g/mol. The smallest absolute Gasteiger partial charge is 0.434 e. The molecule has 1 aliphatic heterocycles. The van der Waals surface area contributed by atoms with Crippen molar-refractivity contribution in [2.24, 2.45) is 0 Å². The summed E-state index contributed by atoms with van der Waals surface area (Å²) in [6.45, 7) is -2.35. The first kappa shape index (κ1) is 18.3. The van der Waals surface area contributed by atoms with Crippen LogP contribution >= 0.6 is 0 Å². The zero-order chi connectivity index (χ0) is 18.9. The average Bonchev–Trinajstić information content (AvgIpc) is 2.56. The van der Waals surface area contributed by atoms with E-state index < -0.39 is 24.2 Å². The van der Waals surface area contributed by atoms with E-state index in [9.17, 15) is 26.7 Å². The Bertz CT molecular complexity index is 851. The van der Waals surface area contributed by atoms with E-state index in [-0.39, 0.29) is 36.5 Å². The van der Waals surface area contributed by atoms with E-state index in [4.69, 9.17) is 0 Å². The standard InChI is InChI=1S/C16H14F5N3O2/c17-15(18)26-12-4-2-1-3-9(12)7-24-6-5-11-10(8-24)13(25)23-14(22-11)16(19,20)21/h1-4,15H,5-8H2,(H,22,23,25). The van der Waals surface area contributed by atoms with E-state index in [1.54, 1.807) is 28.1 Å². The predicted molar refractivity (Wildman–Crippen MR) is 80.8 cm³/mol. The van der Waals surface area contributed by atoms with E-state index in [1.165, 1.54) is 6.07 Å². The van der Waals surface area contributed by atoms with Gasteiger partial charge in [-0.15, -0.1) is 0 Å². The second kappa shape index (κ2) is 7.02. The Hall–Kier alpha value is -2.49. The molecule has 10 heteroatoms. The molecule has 0 fully saturated rings. The third-order valence-electron chi connectivity index (χ3n) is 4.00. The van der Waals surface area contributed by atoms with Crippen molar-refractivity contribution >= 4 is 0 Å². The minimum Gasteiger partial charge on any atom is -0.434 e. The number of hydrogen-bond acceptors (Lipinski definition) is 4. The lowest BCUT2D eigenvalue weighted by molar-refractivity contribution is -0.145. The largest absolute Gasteiger partial charge is 0.449 e. The molecule has 0 saturated heterocycles. The zero-order valence-corrected chi connectivity index (χ0v) is 13.3. The Labute approximate surface area is 144 Å².